The molecule has 2 aromatic carbocycles. The Balaban J connectivity index is 1.84. The summed E-state index contributed by atoms with van der Waals surface area (Å²) in [6.45, 7) is 0. The summed E-state index contributed by atoms with van der Waals surface area (Å²) in [5, 5.41) is 12.1. The minimum absolute atomic E-state index is 0.0654. The molecule has 8 heteroatoms. The van der Waals surface area contributed by atoms with Gasteiger partial charge in [0.05, 0.1) is 16.2 Å². The Morgan fingerprint density at radius 3 is 2.60 bits per heavy atom. The van der Waals surface area contributed by atoms with E-state index in [-0.39, 0.29) is 16.6 Å². The molecule has 2 N–H and O–H groups in total. The van der Waals surface area contributed by atoms with E-state index < -0.39 is 17.6 Å². The van der Waals surface area contributed by atoms with Crippen LogP contribution in [0.15, 0.2) is 58.4 Å². The summed E-state index contributed by atoms with van der Waals surface area (Å²) in [5.41, 5.74) is -0.0894. The van der Waals surface area contributed by atoms with Gasteiger partial charge in [-0.05, 0) is 53.7 Å². The van der Waals surface area contributed by atoms with Crippen molar-refractivity contribution in [1.29, 1.82) is 0 Å². The standard InChI is InChI=1S/C17H11F3N2O2S/c18-17(19,20)11-4-2-5-12(9-11)21-16-22-15(24)14(25-16)8-10-3-1-6-13(23)7-10/h1-9,23H,(H,21,22,24). The number of nitrogens with one attached hydrogen (secondary N) is 1. The second-order valence-corrected chi connectivity index (χ2v) is 6.16. The van der Waals surface area contributed by atoms with Gasteiger partial charge < -0.3 is 10.4 Å². The van der Waals surface area contributed by atoms with Gasteiger partial charge in [-0.2, -0.15) is 13.2 Å². The van der Waals surface area contributed by atoms with Crippen LogP contribution in [0.5, 0.6) is 5.75 Å². The highest BCUT2D eigenvalue weighted by atomic mass is 32.2. The van der Waals surface area contributed by atoms with Crippen molar-refractivity contribution in [2.24, 2.45) is 4.99 Å². The molecule has 0 aromatic heterocycles. The number of hydrogen-bond acceptors (Lipinski definition) is 4. The number of amidine groups is 1. The average Bonchev–Trinajstić information content (AvgIpc) is 2.86. The van der Waals surface area contributed by atoms with Crippen LogP contribution >= 0.6 is 11.8 Å². The van der Waals surface area contributed by atoms with Crippen LogP contribution < -0.4 is 5.32 Å². The van der Waals surface area contributed by atoms with Gasteiger partial charge in [-0.1, -0.05) is 18.2 Å². The van der Waals surface area contributed by atoms with Gasteiger partial charge in [-0.3, -0.25) is 4.79 Å². The zero-order chi connectivity index (χ0) is 18.0. The Bertz CT molecular complexity index is 891. The number of carbonyl (C=O) groups is 1. The number of aromatic hydroxyl groups is 1. The summed E-state index contributed by atoms with van der Waals surface area (Å²) >= 11 is 1.02. The number of amides is 1. The van der Waals surface area contributed by atoms with E-state index in [1.54, 1.807) is 18.2 Å². The number of carbonyl (C=O) groups excluding carboxylic acids is 1. The van der Waals surface area contributed by atoms with Gasteiger partial charge in [-0.25, -0.2) is 4.99 Å². The van der Waals surface area contributed by atoms with Crippen LogP contribution in [0.2, 0.25) is 0 Å². The number of hydrogen-bond donors (Lipinski definition) is 2. The van der Waals surface area contributed by atoms with Crippen LogP contribution in [0, 0.1) is 0 Å². The molecule has 1 amide bonds. The molecule has 0 atom stereocenters. The Morgan fingerprint density at radius 2 is 1.88 bits per heavy atom. The fourth-order valence-electron chi connectivity index (χ4n) is 2.12. The minimum Gasteiger partial charge on any atom is -0.508 e. The van der Waals surface area contributed by atoms with Crippen molar-refractivity contribution in [2.45, 2.75) is 6.18 Å². The molecule has 0 radical (unpaired) electrons. The number of aliphatic imine (C=N–C) groups is 1. The molecule has 1 aliphatic rings. The van der Waals surface area contributed by atoms with E-state index in [0.29, 0.717) is 10.5 Å². The van der Waals surface area contributed by atoms with Crippen LogP contribution in [0.1, 0.15) is 11.1 Å². The third-order valence-electron chi connectivity index (χ3n) is 3.22. The Kier molecular flexibility index (Phi) is 4.54. The summed E-state index contributed by atoms with van der Waals surface area (Å²) in [4.78, 5) is 16.3. The zero-order valence-electron chi connectivity index (χ0n) is 12.5. The van der Waals surface area contributed by atoms with Crippen LogP contribution in [0.3, 0.4) is 0 Å². The van der Waals surface area contributed by atoms with Crippen LogP contribution in [0.25, 0.3) is 6.08 Å². The highest BCUT2D eigenvalue weighted by molar-refractivity contribution is 8.18. The second kappa shape index (κ2) is 6.64. The third-order valence-corrected chi connectivity index (χ3v) is 4.13. The van der Waals surface area contributed by atoms with Crippen molar-refractivity contribution in [3.8, 4) is 5.75 Å². The lowest BCUT2D eigenvalue weighted by atomic mass is 10.2. The normalized spacial score (nSPS) is 18.0. The SMILES string of the molecule is O=C1NC(=Nc2cccc(C(F)(F)F)c2)SC1=Cc1cccc(O)c1. The molecule has 128 valence electrons. The minimum atomic E-state index is -4.46. The zero-order valence-corrected chi connectivity index (χ0v) is 13.4. The lowest BCUT2D eigenvalue weighted by Crippen LogP contribution is -2.19. The molecule has 1 aliphatic heterocycles. The van der Waals surface area contributed by atoms with E-state index >= 15 is 0 Å². The molecule has 0 unspecified atom stereocenters. The van der Waals surface area contributed by atoms with Crippen LogP contribution in [-0.2, 0) is 11.0 Å². The van der Waals surface area contributed by atoms with Crippen molar-refractivity contribution in [2.75, 3.05) is 0 Å². The quantitative estimate of drug-likeness (QED) is 0.781. The second-order valence-electron chi connectivity index (χ2n) is 5.12. The van der Waals surface area contributed by atoms with Gasteiger partial charge >= 0.3 is 6.18 Å². The number of thioether (sulfide) groups is 1. The maximum Gasteiger partial charge on any atom is 0.416 e. The summed E-state index contributed by atoms with van der Waals surface area (Å²) < 4.78 is 38.2. The highest BCUT2D eigenvalue weighted by Crippen LogP contribution is 2.33. The van der Waals surface area contributed by atoms with E-state index in [1.807, 2.05) is 0 Å². The lowest BCUT2D eigenvalue weighted by molar-refractivity contribution is -0.137. The Morgan fingerprint density at radius 1 is 1.12 bits per heavy atom. The molecule has 3 rings (SSSR count). The van der Waals surface area contributed by atoms with Crippen molar-refractivity contribution in [1.82, 2.24) is 5.32 Å². The molecular formula is C17H11F3N2O2S. The third kappa shape index (κ3) is 4.21. The van der Waals surface area contributed by atoms with Gasteiger partial charge in [0.25, 0.3) is 5.91 Å². The first-order valence-electron chi connectivity index (χ1n) is 7.07. The number of benzene rings is 2. The van der Waals surface area contributed by atoms with Gasteiger partial charge in [-0.15, -0.1) is 0 Å². The molecule has 1 saturated heterocycles. The van der Waals surface area contributed by atoms with E-state index in [4.69, 9.17) is 0 Å². The van der Waals surface area contributed by atoms with Crippen LogP contribution in [0.4, 0.5) is 18.9 Å². The Hall–Kier alpha value is -2.74. The van der Waals surface area contributed by atoms with Crippen molar-refractivity contribution in [3.63, 3.8) is 0 Å². The van der Waals surface area contributed by atoms with Crippen LogP contribution in [-0.4, -0.2) is 16.2 Å². The smallest absolute Gasteiger partial charge is 0.416 e. The predicted molar refractivity (Wildman–Crippen MR) is 90.4 cm³/mol. The van der Waals surface area contributed by atoms with E-state index in [1.165, 1.54) is 24.3 Å². The largest absolute Gasteiger partial charge is 0.508 e. The number of phenols is 1. The predicted octanol–water partition coefficient (Wildman–Crippen LogP) is 4.30. The number of halogens is 3. The molecule has 4 nitrogen and oxygen atoms in total. The molecule has 0 saturated carbocycles. The van der Waals surface area contributed by atoms with Gasteiger partial charge in [0.15, 0.2) is 5.17 Å². The molecule has 2 aromatic rings. The fourth-order valence-corrected chi connectivity index (χ4v) is 2.96. The summed E-state index contributed by atoms with van der Waals surface area (Å²) in [6, 6.07) is 10.9. The monoisotopic (exact) mass is 364 g/mol. The van der Waals surface area contributed by atoms with E-state index in [9.17, 15) is 23.1 Å². The van der Waals surface area contributed by atoms with Crippen molar-refractivity contribution >= 4 is 34.6 Å². The first kappa shape index (κ1) is 17.1. The van der Waals surface area contributed by atoms with Gasteiger partial charge in [0.2, 0.25) is 0 Å². The van der Waals surface area contributed by atoms with Gasteiger partial charge in [0.1, 0.15) is 5.75 Å². The average molecular weight is 364 g/mol. The maximum absolute atomic E-state index is 12.7. The van der Waals surface area contributed by atoms with E-state index in [2.05, 4.69) is 10.3 Å². The summed E-state index contributed by atoms with van der Waals surface area (Å²) in [7, 11) is 0. The first-order chi connectivity index (χ1) is 11.8. The summed E-state index contributed by atoms with van der Waals surface area (Å²) in [6.07, 6.45) is -2.89. The number of rotatable bonds is 2. The van der Waals surface area contributed by atoms with E-state index in [0.717, 1.165) is 23.9 Å². The number of nitrogens with zero attached hydrogens (tertiary/aromatic N) is 1. The Labute approximate surface area is 145 Å². The molecule has 1 heterocycles. The van der Waals surface area contributed by atoms with Gasteiger partial charge in [0, 0.05) is 0 Å². The van der Waals surface area contributed by atoms with Crippen molar-refractivity contribution in [3.05, 3.63) is 64.6 Å². The molecule has 1 fully saturated rings. The van der Waals surface area contributed by atoms with Crippen molar-refractivity contribution < 1.29 is 23.1 Å². The maximum atomic E-state index is 12.7. The molecule has 0 bridgehead atoms. The first-order valence-corrected chi connectivity index (χ1v) is 7.89. The summed E-state index contributed by atoms with van der Waals surface area (Å²) in [5.74, 6) is -0.338. The fraction of sp³-hybridized carbons (Fsp3) is 0.0588. The lowest BCUT2D eigenvalue weighted by Gasteiger charge is -2.06. The molecule has 0 aliphatic carbocycles. The molecule has 25 heavy (non-hydrogen) atoms. The number of phenolic OH excluding ortho intramolecular Hbond substituents is 1. The highest BCUT2D eigenvalue weighted by Gasteiger charge is 2.30. The molecule has 0 spiro atoms. The molecular weight excluding hydrogens is 353 g/mol. The number of alkyl halides is 3. The topological polar surface area (TPSA) is 61.7 Å².